The molecular formula is C25H38N4O2S. The third-order valence-electron chi connectivity index (χ3n) is 7.48. The quantitative estimate of drug-likeness (QED) is 0.593. The van der Waals surface area contributed by atoms with E-state index >= 15 is 0 Å². The van der Waals surface area contributed by atoms with E-state index in [0.29, 0.717) is 13.1 Å². The average Bonchev–Trinajstić information content (AvgIpc) is 3.28. The molecule has 2 aromatic heterocycles. The van der Waals surface area contributed by atoms with Crippen LogP contribution in [0.2, 0.25) is 0 Å². The van der Waals surface area contributed by atoms with Gasteiger partial charge in [0.15, 0.2) is 0 Å². The zero-order valence-electron chi connectivity index (χ0n) is 19.9. The van der Waals surface area contributed by atoms with Crippen LogP contribution in [0.4, 0.5) is 0 Å². The second kappa shape index (κ2) is 9.96. The van der Waals surface area contributed by atoms with E-state index in [-0.39, 0.29) is 17.9 Å². The van der Waals surface area contributed by atoms with Crippen molar-refractivity contribution in [3.63, 3.8) is 0 Å². The summed E-state index contributed by atoms with van der Waals surface area (Å²) >= 11 is 1.65. The third-order valence-corrected chi connectivity index (χ3v) is 8.33. The molecule has 0 unspecified atom stereocenters. The number of aromatic nitrogens is 1. The average molecular weight is 459 g/mol. The fourth-order valence-corrected chi connectivity index (χ4v) is 6.20. The lowest BCUT2D eigenvalue weighted by Gasteiger charge is -2.45. The van der Waals surface area contributed by atoms with Gasteiger partial charge in [0.25, 0.3) is 5.91 Å². The molecule has 6 nitrogen and oxygen atoms in total. The second-order valence-corrected chi connectivity index (χ2v) is 10.5. The molecule has 0 spiro atoms. The maximum absolute atomic E-state index is 13.7. The fraction of sp³-hybridized carbons (Fsp3) is 0.680. The number of carbonyl (C=O) groups is 2. The van der Waals surface area contributed by atoms with Gasteiger partial charge in [0, 0.05) is 12.6 Å². The molecular weight excluding hydrogens is 420 g/mol. The summed E-state index contributed by atoms with van der Waals surface area (Å²) in [6.07, 6.45) is 7.80. The molecule has 2 amide bonds. The first-order chi connectivity index (χ1) is 15.5. The highest BCUT2D eigenvalue weighted by Crippen LogP contribution is 2.34. The van der Waals surface area contributed by atoms with Crippen LogP contribution in [0, 0.1) is 0 Å². The van der Waals surface area contributed by atoms with Crippen LogP contribution in [0.5, 0.6) is 0 Å². The lowest BCUT2D eigenvalue weighted by molar-refractivity contribution is -0.133. The smallest absolute Gasteiger partial charge is 0.271 e. The topological polar surface area (TPSA) is 57.6 Å². The Morgan fingerprint density at radius 3 is 2.62 bits per heavy atom. The van der Waals surface area contributed by atoms with E-state index in [4.69, 9.17) is 0 Å². The number of amides is 2. The molecule has 0 radical (unpaired) electrons. The van der Waals surface area contributed by atoms with Gasteiger partial charge in [0.2, 0.25) is 5.91 Å². The van der Waals surface area contributed by atoms with Crippen molar-refractivity contribution >= 4 is 33.4 Å². The molecule has 1 atom stereocenters. The summed E-state index contributed by atoms with van der Waals surface area (Å²) in [7, 11) is 0. The van der Waals surface area contributed by atoms with Crippen LogP contribution >= 0.6 is 11.3 Å². The first-order valence-corrected chi connectivity index (χ1v) is 13.3. The van der Waals surface area contributed by atoms with Gasteiger partial charge in [-0.3, -0.25) is 9.59 Å². The molecule has 7 heteroatoms. The van der Waals surface area contributed by atoms with Gasteiger partial charge in [0.1, 0.15) is 11.2 Å². The van der Waals surface area contributed by atoms with E-state index < -0.39 is 5.54 Å². The number of hydrogen-bond donors (Lipinski definition) is 1. The molecule has 176 valence electrons. The number of rotatable bonds is 8. The van der Waals surface area contributed by atoms with Crippen molar-refractivity contribution in [1.29, 1.82) is 0 Å². The molecule has 1 fully saturated rings. The Labute approximate surface area is 195 Å². The minimum atomic E-state index is -0.881. The predicted octanol–water partition coefficient (Wildman–Crippen LogP) is 4.49. The van der Waals surface area contributed by atoms with Gasteiger partial charge < -0.3 is 19.7 Å². The molecule has 4 rings (SSSR count). The van der Waals surface area contributed by atoms with Crippen molar-refractivity contribution in [3.05, 3.63) is 23.2 Å². The Kier molecular flexibility index (Phi) is 7.25. The minimum Gasteiger partial charge on any atom is -0.351 e. The Hall–Kier alpha value is -1.86. The molecule has 0 saturated heterocycles. The number of nitrogens with zero attached hydrogens (tertiary/aromatic N) is 3. The highest BCUT2D eigenvalue weighted by molar-refractivity contribution is 7.17. The lowest BCUT2D eigenvalue weighted by atomic mass is 9.93. The van der Waals surface area contributed by atoms with Gasteiger partial charge >= 0.3 is 0 Å². The molecule has 32 heavy (non-hydrogen) atoms. The van der Waals surface area contributed by atoms with Gasteiger partial charge in [-0.05, 0) is 63.3 Å². The van der Waals surface area contributed by atoms with Gasteiger partial charge in [-0.1, -0.05) is 39.5 Å². The van der Waals surface area contributed by atoms with Crippen molar-refractivity contribution in [2.75, 3.05) is 26.2 Å². The number of hydrogen-bond acceptors (Lipinski definition) is 4. The van der Waals surface area contributed by atoms with Crippen LogP contribution in [0.1, 0.15) is 76.2 Å². The lowest BCUT2D eigenvalue weighted by Crippen LogP contribution is -2.65. The number of carbonyl (C=O) groups excluding carboxylic acids is 2. The minimum absolute atomic E-state index is 0.00307. The van der Waals surface area contributed by atoms with Crippen molar-refractivity contribution in [2.45, 2.75) is 83.8 Å². The van der Waals surface area contributed by atoms with E-state index in [9.17, 15) is 9.59 Å². The van der Waals surface area contributed by atoms with Gasteiger partial charge in [-0.15, -0.1) is 11.3 Å². The summed E-state index contributed by atoms with van der Waals surface area (Å²) in [6, 6.07) is 4.29. The summed E-state index contributed by atoms with van der Waals surface area (Å²) in [5, 5.41) is 5.41. The fourth-order valence-electron chi connectivity index (χ4n) is 5.38. The summed E-state index contributed by atoms with van der Waals surface area (Å²) in [5.41, 5.74) is 0.900. The van der Waals surface area contributed by atoms with E-state index in [1.807, 2.05) is 17.9 Å². The van der Waals surface area contributed by atoms with Crippen LogP contribution in [0.15, 0.2) is 17.5 Å². The monoisotopic (exact) mass is 458 g/mol. The van der Waals surface area contributed by atoms with Crippen molar-refractivity contribution in [3.8, 4) is 0 Å². The third kappa shape index (κ3) is 4.46. The van der Waals surface area contributed by atoms with E-state index in [2.05, 4.69) is 40.1 Å². The van der Waals surface area contributed by atoms with Gasteiger partial charge in [-0.25, -0.2) is 0 Å². The maximum Gasteiger partial charge on any atom is 0.271 e. The number of thiophene rings is 1. The second-order valence-electron chi connectivity index (χ2n) is 9.56. The molecule has 1 aliphatic heterocycles. The molecule has 1 aliphatic carbocycles. The van der Waals surface area contributed by atoms with Crippen LogP contribution in [-0.4, -0.2) is 63.9 Å². The van der Waals surface area contributed by atoms with E-state index in [1.165, 1.54) is 25.7 Å². The highest BCUT2D eigenvalue weighted by atomic mass is 32.1. The Morgan fingerprint density at radius 2 is 1.94 bits per heavy atom. The molecule has 2 aromatic rings. The summed E-state index contributed by atoms with van der Waals surface area (Å²) in [4.78, 5) is 31.7. The maximum atomic E-state index is 13.7. The molecule has 1 saturated carbocycles. The molecule has 0 aromatic carbocycles. The van der Waals surface area contributed by atoms with Crippen LogP contribution < -0.4 is 5.32 Å². The summed E-state index contributed by atoms with van der Waals surface area (Å²) in [6.45, 7) is 10.4. The standard InChI is InChI=1S/C25H38N4O2S/c1-4-27(5-2)14-10-15-29-23(30)21-17-22-20(13-16-32-22)28(21)18-25(29,3)24(31)26-19-11-8-6-7-9-12-19/h13,16-17,19H,4-12,14-15,18H2,1-3H3,(H,26,31)/t25-/m1/s1. The number of fused-ring (bicyclic) bond motifs is 3. The first-order valence-electron chi connectivity index (χ1n) is 12.4. The normalized spacial score (nSPS) is 22.4. The SMILES string of the molecule is CCN(CC)CCCN1C(=O)c2cc3sccc3n2C[C@]1(C)C(=O)NC1CCCCCC1. The Bertz CT molecular complexity index is 939. The molecule has 3 heterocycles. The largest absolute Gasteiger partial charge is 0.351 e. The number of nitrogens with one attached hydrogen (secondary N) is 1. The van der Waals surface area contributed by atoms with Crippen LogP contribution in [-0.2, 0) is 11.3 Å². The van der Waals surface area contributed by atoms with Gasteiger partial charge in [-0.2, -0.15) is 0 Å². The summed E-state index contributed by atoms with van der Waals surface area (Å²) in [5.74, 6) is -0.0129. The van der Waals surface area contributed by atoms with Gasteiger partial charge in [0.05, 0.1) is 16.8 Å². The first kappa shape index (κ1) is 23.3. The predicted molar refractivity (Wildman–Crippen MR) is 131 cm³/mol. The zero-order chi connectivity index (χ0) is 22.7. The molecule has 2 aliphatic rings. The molecule has 0 bridgehead atoms. The molecule has 1 N–H and O–H groups in total. The van der Waals surface area contributed by atoms with E-state index in [0.717, 1.165) is 54.8 Å². The summed E-state index contributed by atoms with van der Waals surface area (Å²) < 4.78 is 3.19. The Balaban J connectivity index is 1.60. The van der Waals surface area contributed by atoms with Crippen LogP contribution in [0.25, 0.3) is 10.2 Å². The Morgan fingerprint density at radius 1 is 1.22 bits per heavy atom. The highest BCUT2D eigenvalue weighted by Gasteiger charge is 2.47. The van der Waals surface area contributed by atoms with Crippen LogP contribution in [0.3, 0.4) is 0 Å². The van der Waals surface area contributed by atoms with E-state index in [1.54, 1.807) is 11.3 Å². The zero-order valence-corrected chi connectivity index (χ0v) is 20.7. The van der Waals surface area contributed by atoms with Crippen molar-refractivity contribution < 1.29 is 9.59 Å². The van der Waals surface area contributed by atoms with Crippen molar-refractivity contribution in [2.24, 2.45) is 0 Å². The van der Waals surface area contributed by atoms with Crippen molar-refractivity contribution in [1.82, 2.24) is 19.7 Å².